The van der Waals surface area contributed by atoms with Crippen molar-refractivity contribution in [3.8, 4) is 23.4 Å². The van der Waals surface area contributed by atoms with Crippen LogP contribution in [0.4, 0.5) is 5.69 Å². The number of pyridine rings is 1. The SMILES string of the molecule is N#CCc1ccc(OCC(=O)Nc2ccc(Oc3cccc(C(N)=O)c3)nc2)cc1. The Morgan fingerprint density at radius 1 is 1.07 bits per heavy atom. The summed E-state index contributed by atoms with van der Waals surface area (Å²) < 4.78 is 11.0. The number of rotatable bonds is 8. The standard InChI is InChI=1S/C22H18N4O4/c23-11-10-15-4-7-18(8-5-15)29-14-20(27)26-17-6-9-21(25-13-17)30-19-3-1-2-16(12-19)22(24)28/h1-9,12-13H,10,14H2,(H2,24,28)(H,26,27). The molecule has 0 radical (unpaired) electrons. The summed E-state index contributed by atoms with van der Waals surface area (Å²) in [6.07, 6.45) is 1.77. The monoisotopic (exact) mass is 402 g/mol. The number of hydrogen-bond acceptors (Lipinski definition) is 6. The van der Waals surface area contributed by atoms with Crippen molar-refractivity contribution < 1.29 is 19.1 Å². The molecular weight excluding hydrogens is 384 g/mol. The summed E-state index contributed by atoms with van der Waals surface area (Å²) in [4.78, 5) is 27.4. The van der Waals surface area contributed by atoms with E-state index in [0.717, 1.165) is 5.56 Å². The molecule has 0 atom stereocenters. The first-order chi connectivity index (χ1) is 14.5. The number of primary amides is 1. The van der Waals surface area contributed by atoms with Gasteiger partial charge < -0.3 is 20.5 Å². The van der Waals surface area contributed by atoms with E-state index in [2.05, 4.69) is 16.4 Å². The molecule has 150 valence electrons. The van der Waals surface area contributed by atoms with Crippen LogP contribution in [0.15, 0.2) is 66.9 Å². The van der Waals surface area contributed by atoms with Gasteiger partial charge in [0.15, 0.2) is 6.61 Å². The van der Waals surface area contributed by atoms with Crippen molar-refractivity contribution >= 4 is 17.5 Å². The first-order valence-electron chi connectivity index (χ1n) is 8.96. The van der Waals surface area contributed by atoms with Gasteiger partial charge in [-0.15, -0.1) is 0 Å². The maximum absolute atomic E-state index is 12.1. The number of aromatic nitrogens is 1. The van der Waals surface area contributed by atoms with E-state index in [-0.39, 0.29) is 12.5 Å². The molecule has 1 aromatic heterocycles. The summed E-state index contributed by atoms with van der Waals surface area (Å²) >= 11 is 0. The molecule has 0 aliphatic rings. The van der Waals surface area contributed by atoms with Gasteiger partial charge in [0.05, 0.1) is 24.4 Å². The summed E-state index contributed by atoms with van der Waals surface area (Å²) in [5, 5.41) is 11.3. The average molecular weight is 402 g/mol. The van der Waals surface area contributed by atoms with Gasteiger partial charge in [-0.05, 0) is 42.0 Å². The van der Waals surface area contributed by atoms with Gasteiger partial charge >= 0.3 is 0 Å². The molecule has 0 saturated carbocycles. The number of nitrogens with zero attached hydrogens (tertiary/aromatic N) is 2. The Hall–Kier alpha value is -4.38. The second-order valence-corrected chi connectivity index (χ2v) is 6.19. The fourth-order valence-corrected chi connectivity index (χ4v) is 2.49. The fraction of sp³-hybridized carbons (Fsp3) is 0.0909. The van der Waals surface area contributed by atoms with Gasteiger partial charge in [0.1, 0.15) is 11.5 Å². The number of nitrogens with two attached hydrogens (primary N) is 1. The third kappa shape index (κ3) is 5.81. The number of amides is 2. The van der Waals surface area contributed by atoms with E-state index in [9.17, 15) is 9.59 Å². The molecule has 0 bridgehead atoms. The second kappa shape index (κ2) is 9.71. The molecule has 0 fully saturated rings. The molecule has 8 nitrogen and oxygen atoms in total. The molecule has 8 heteroatoms. The van der Waals surface area contributed by atoms with Crippen LogP contribution >= 0.6 is 0 Å². The van der Waals surface area contributed by atoms with Crippen molar-refractivity contribution in [2.75, 3.05) is 11.9 Å². The molecule has 2 aromatic carbocycles. The van der Waals surface area contributed by atoms with Gasteiger partial charge in [-0.25, -0.2) is 4.98 Å². The number of hydrogen-bond donors (Lipinski definition) is 2. The molecule has 0 aliphatic heterocycles. The highest BCUT2D eigenvalue weighted by Crippen LogP contribution is 2.21. The highest BCUT2D eigenvalue weighted by molar-refractivity contribution is 5.93. The molecule has 0 spiro atoms. The van der Waals surface area contributed by atoms with Crippen molar-refractivity contribution in [2.24, 2.45) is 5.73 Å². The van der Waals surface area contributed by atoms with Gasteiger partial charge in [0, 0.05) is 11.6 Å². The normalized spacial score (nSPS) is 9.97. The molecule has 1 heterocycles. The van der Waals surface area contributed by atoms with Crippen LogP contribution in [0.3, 0.4) is 0 Å². The molecule has 0 aliphatic carbocycles. The van der Waals surface area contributed by atoms with Crippen LogP contribution in [-0.4, -0.2) is 23.4 Å². The Bertz CT molecular complexity index is 1070. The molecule has 0 saturated heterocycles. The molecule has 3 N–H and O–H groups in total. The van der Waals surface area contributed by atoms with Crippen molar-refractivity contribution in [1.82, 2.24) is 4.98 Å². The number of nitriles is 1. The van der Waals surface area contributed by atoms with Crippen molar-refractivity contribution in [3.63, 3.8) is 0 Å². The molecule has 3 aromatic rings. The topological polar surface area (TPSA) is 127 Å². The lowest BCUT2D eigenvalue weighted by Gasteiger charge is -2.09. The third-order valence-electron chi connectivity index (χ3n) is 3.94. The van der Waals surface area contributed by atoms with E-state index in [4.69, 9.17) is 20.5 Å². The second-order valence-electron chi connectivity index (χ2n) is 6.19. The van der Waals surface area contributed by atoms with Gasteiger partial charge in [-0.3, -0.25) is 9.59 Å². The Balaban J connectivity index is 1.51. The van der Waals surface area contributed by atoms with Crippen molar-refractivity contribution in [3.05, 3.63) is 78.0 Å². The van der Waals surface area contributed by atoms with E-state index >= 15 is 0 Å². The number of benzene rings is 2. The summed E-state index contributed by atoms with van der Waals surface area (Å²) in [7, 11) is 0. The number of carbonyl (C=O) groups is 2. The number of anilines is 1. The first kappa shape index (κ1) is 20.4. The Morgan fingerprint density at radius 3 is 2.53 bits per heavy atom. The zero-order valence-electron chi connectivity index (χ0n) is 15.9. The van der Waals surface area contributed by atoms with E-state index < -0.39 is 5.91 Å². The van der Waals surface area contributed by atoms with Crippen LogP contribution in [0.1, 0.15) is 15.9 Å². The minimum Gasteiger partial charge on any atom is -0.484 e. The molecule has 30 heavy (non-hydrogen) atoms. The highest BCUT2D eigenvalue weighted by Gasteiger charge is 2.07. The lowest BCUT2D eigenvalue weighted by molar-refractivity contribution is -0.118. The van der Waals surface area contributed by atoms with E-state index in [1.54, 1.807) is 54.6 Å². The first-order valence-corrected chi connectivity index (χ1v) is 8.96. The Kier molecular flexibility index (Phi) is 6.59. The summed E-state index contributed by atoms with van der Waals surface area (Å²) in [6.45, 7) is -0.171. The van der Waals surface area contributed by atoms with Gasteiger partial charge in [-0.1, -0.05) is 18.2 Å². The number of carbonyl (C=O) groups excluding carboxylic acids is 2. The highest BCUT2D eigenvalue weighted by atomic mass is 16.5. The van der Waals surface area contributed by atoms with E-state index in [0.29, 0.717) is 35.1 Å². The van der Waals surface area contributed by atoms with Crippen LogP contribution < -0.4 is 20.5 Å². The summed E-state index contributed by atoms with van der Waals surface area (Å²) in [5.74, 6) is 0.354. The van der Waals surface area contributed by atoms with Crippen LogP contribution in [0.25, 0.3) is 0 Å². The lowest BCUT2D eigenvalue weighted by Crippen LogP contribution is -2.20. The minimum absolute atomic E-state index is 0.171. The largest absolute Gasteiger partial charge is 0.484 e. The number of nitrogens with one attached hydrogen (secondary N) is 1. The zero-order valence-corrected chi connectivity index (χ0v) is 15.9. The van der Waals surface area contributed by atoms with Gasteiger partial charge in [-0.2, -0.15) is 5.26 Å². The smallest absolute Gasteiger partial charge is 0.262 e. The van der Waals surface area contributed by atoms with Crippen LogP contribution in [0.2, 0.25) is 0 Å². The maximum Gasteiger partial charge on any atom is 0.262 e. The Labute approximate surface area is 172 Å². The summed E-state index contributed by atoms with van der Waals surface area (Å²) in [6, 6.07) is 18.7. The molecule has 0 unspecified atom stereocenters. The third-order valence-corrected chi connectivity index (χ3v) is 3.94. The Morgan fingerprint density at radius 2 is 1.87 bits per heavy atom. The van der Waals surface area contributed by atoms with E-state index in [1.165, 1.54) is 12.3 Å². The quantitative estimate of drug-likeness (QED) is 0.596. The zero-order chi connectivity index (χ0) is 21.3. The lowest BCUT2D eigenvalue weighted by atomic mass is 10.2. The fourth-order valence-electron chi connectivity index (χ4n) is 2.49. The van der Waals surface area contributed by atoms with Crippen LogP contribution in [0, 0.1) is 11.3 Å². The van der Waals surface area contributed by atoms with E-state index in [1.807, 2.05) is 0 Å². The predicted molar refractivity (Wildman–Crippen MR) is 109 cm³/mol. The van der Waals surface area contributed by atoms with Gasteiger partial charge in [0.25, 0.3) is 5.91 Å². The van der Waals surface area contributed by atoms with Crippen molar-refractivity contribution in [2.45, 2.75) is 6.42 Å². The maximum atomic E-state index is 12.1. The van der Waals surface area contributed by atoms with Gasteiger partial charge in [0.2, 0.25) is 11.8 Å². The van der Waals surface area contributed by atoms with Crippen molar-refractivity contribution in [1.29, 1.82) is 5.26 Å². The minimum atomic E-state index is -0.549. The number of ether oxygens (including phenoxy) is 2. The molecular formula is C22H18N4O4. The average Bonchev–Trinajstić information content (AvgIpc) is 2.75. The predicted octanol–water partition coefficient (Wildman–Crippen LogP) is 3.06. The molecule has 2 amide bonds. The molecule has 3 rings (SSSR count). The van der Waals surface area contributed by atoms with Crippen LogP contribution in [-0.2, 0) is 11.2 Å². The summed E-state index contributed by atoms with van der Waals surface area (Å²) in [5.41, 5.74) is 6.94. The van der Waals surface area contributed by atoms with Crippen LogP contribution in [0.5, 0.6) is 17.4 Å².